The van der Waals surface area contributed by atoms with Crippen LogP contribution in [0.3, 0.4) is 0 Å². The molecule has 28 heavy (non-hydrogen) atoms. The van der Waals surface area contributed by atoms with Crippen molar-refractivity contribution in [3.05, 3.63) is 0 Å². The average molecular weight is 395 g/mol. The summed E-state index contributed by atoms with van der Waals surface area (Å²) in [4.78, 5) is 40.0. The standard InChI is InChI=1S/C21H38N4O3/c1-17(2)15-21(28)25-13-11-24(12-14-25)20(27)8-4-3-5-9-23-19(26)16-18-7-6-10-22-18/h17-18,22H,3-16H2,1-2H3,(H,23,26). The average Bonchev–Trinajstić information content (AvgIpc) is 3.16. The van der Waals surface area contributed by atoms with Crippen molar-refractivity contribution in [1.82, 2.24) is 20.4 Å². The second-order valence-corrected chi connectivity index (χ2v) is 8.52. The Morgan fingerprint density at radius 1 is 1.00 bits per heavy atom. The largest absolute Gasteiger partial charge is 0.356 e. The van der Waals surface area contributed by atoms with Gasteiger partial charge in [-0.2, -0.15) is 0 Å². The van der Waals surface area contributed by atoms with Crippen molar-refractivity contribution >= 4 is 17.7 Å². The number of nitrogens with zero attached hydrogens (tertiary/aromatic N) is 2. The van der Waals surface area contributed by atoms with E-state index in [1.165, 1.54) is 0 Å². The minimum Gasteiger partial charge on any atom is -0.356 e. The fourth-order valence-corrected chi connectivity index (χ4v) is 3.87. The van der Waals surface area contributed by atoms with E-state index in [2.05, 4.69) is 24.5 Å². The van der Waals surface area contributed by atoms with E-state index < -0.39 is 0 Å². The van der Waals surface area contributed by atoms with Gasteiger partial charge in [0.1, 0.15) is 0 Å². The van der Waals surface area contributed by atoms with Gasteiger partial charge in [0.25, 0.3) is 0 Å². The van der Waals surface area contributed by atoms with Crippen molar-refractivity contribution < 1.29 is 14.4 Å². The summed E-state index contributed by atoms with van der Waals surface area (Å²) < 4.78 is 0. The number of carbonyl (C=O) groups is 3. The summed E-state index contributed by atoms with van der Waals surface area (Å²) in [5.41, 5.74) is 0. The maximum absolute atomic E-state index is 12.3. The van der Waals surface area contributed by atoms with E-state index in [9.17, 15) is 14.4 Å². The second kappa shape index (κ2) is 12.0. The highest BCUT2D eigenvalue weighted by atomic mass is 16.2. The molecule has 3 amide bonds. The molecule has 0 aromatic heterocycles. The molecule has 1 unspecified atom stereocenters. The molecule has 160 valence electrons. The molecule has 7 nitrogen and oxygen atoms in total. The van der Waals surface area contributed by atoms with Gasteiger partial charge in [0.15, 0.2) is 0 Å². The van der Waals surface area contributed by atoms with Crippen LogP contribution < -0.4 is 10.6 Å². The number of amides is 3. The third-order valence-electron chi connectivity index (χ3n) is 5.55. The van der Waals surface area contributed by atoms with Crippen molar-refractivity contribution in [2.45, 2.75) is 71.3 Å². The molecule has 0 bridgehead atoms. The molecule has 7 heteroatoms. The molecule has 2 rings (SSSR count). The highest BCUT2D eigenvalue weighted by Gasteiger charge is 2.24. The molecular weight excluding hydrogens is 356 g/mol. The molecular formula is C21H38N4O3. The summed E-state index contributed by atoms with van der Waals surface area (Å²) in [6.45, 7) is 8.41. The van der Waals surface area contributed by atoms with E-state index in [1.54, 1.807) is 0 Å². The normalized spacial score (nSPS) is 19.9. The Hall–Kier alpha value is -1.63. The smallest absolute Gasteiger partial charge is 0.222 e. The lowest BCUT2D eigenvalue weighted by molar-refractivity contribution is -0.140. The lowest BCUT2D eigenvalue weighted by Gasteiger charge is -2.35. The lowest BCUT2D eigenvalue weighted by atomic mass is 10.1. The number of hydrogen-bond donors (Lipinski definition) is 2. The first kappa shape index (κ1) is 22.7. The van der Waals surface area contributed by atoms with Crippen molar-refractivity contribution in [3.63, 3.8) is 0 Å². The summed E-state index contributed by atoms with van der Waals surface area (Å²) in [6, 6.07) is 0.346. The predicted octanol–water partition coefficient (Wildman–Crippen LogP) is 1.52. The zero-order valence-corrected chi connectivity index (χ0v) is 17.7. The Morgan fingerprint density at radius 3 is 2.29 bits per heavy atom. The molecule has 2 fully saturated rings. The molecule has 2 saturated heterocycles. The minimum atomic E-state index is 0.125. The third-order valence-corrected chi connectivity index (χ3v) is 5.55. The topological polar surface area (TPSA) is 81.8 Å². The molecule has 2 aliphatic heterocycles. The fourth-order valence-electron chi connectivity index (χ4n) is 3.87. The Bertz CT molecular complexity index is 510. The van der Waals surface area contributed by atoms with Crippen LogP contribution in [-0.2, 0) is 14.4 Å². The first-order valence-electron chi connectivity index (χ1n) is 11.0. The SMILES string of the molecule is CC(C)CC(=O)N1CCN(C(=O)CCCCCNC(=O)CC2CCCN2)CC1. The molecule has 0 spiro atoms. The van der Waals surface area contributed by atoms with Crippen LogP contribution in [0.5, 0.6) is 0 Å². The summed E-state index contributed by atoms with van der Waals surface area (Å²) in [5.74, 6) is 0.886. The van der Waals surface area contributed by atoms with Gasteiger partial charge in [0, 0.05) is 58.0 Å². The Kier molecular flexibility index (Phi) is 9.75. The first-order valence-corrected chi connectivity index (χ1v) is 11.0. The van der Waals surface area contributed by atoms with Crippen molar-refractivity contribution in [2.75, 3.05) is 39.3 Å². The maximum Gasteiger partial charge on any atom is 0.222 e. The molecule has 2 heterocycles. The van der Waals surface area contributed by atoms with Gasteiger partial charge in [-0.15, -0.1) is 0 Å². The van der Waals surface area contributed by atoms with Crippen LogP contribution in [0.1, 0.15) is 65.2 Å². The first-order chi connectivity index (χ1) is 13.5. The van der Waals surface area contributed by atoms with Gasteiger partial charge in [-0.1, -0.05) is 20.3 Å². The zero-order valence-electron chi connectivity index (χ0n) is 17.7. The summed E-state index contributed by atoms with van der Waals surface area (Å²) in [5, 5.41) is 6.31. The molecule has 0 aromatic rings. The number of unbranched alkanes of at least 4 members (excludes halogenated alkanes) is 2. The quantitative estimate of drug-likeness (QED) is 0.551. The Labute approximate surface area is 169 Å². The maximum atomic E-state index is 12.3. The van der Waals surface area contributed by atoms with Crippen LogP contribution in [0.4, 0.5) is 0 Å². The molecule has 0 aliphatic carbocycles. The van der Waals surface area contributed by atoms with Crippen molar-refractivity contribution in [3.8, 4) is 0 Å². The van der Waals surface area contributed by atoms with Crippen LogP contribution in [0, 0.1) is 5.92 Å². The minimum absolute atomic E-state index is 0.125. The van der Waals surface area contributed by atoms with E-state index >= 15 is 0 Å². The lowest BCUT2D eigenvalue weighted by Crippen LogP contribution is -2.50. The van der Waals surface area contributed by atoms with Gasteiger partial charge in [-0.05, 0) is 38.1 Å². The van der Waals surface area contributed by atoms with Gasteiger partial charge >= 0.3 is 0 Å². The number of piperazine rings is 1. The van der Waals surface area contributed by atoms with Crippen LogP contribution in [0.15, 0.2) is 0 Å². The zero-order chi connectivity index (χ0) is 20.4. The number of rotatable bonds is 10. The summed E-state index contributed by atoms with van der Waals surface area (Å²) >= 11 is 0. The molecule has 2 N–H and O–H groups in total. The van der Waals surface area contributed by atoms with Crippen LogP contribution in [0.2, 0.25) is 0 Å². The molecule has 0 saturated carbocycles. The fraction of sp³-hybridized carbons (Fsp3) is 0.857. The Balaban J connectivity index is 1.49. The summed E-state index contributed by atoms with van der Waals surface area (Å²) in [7, 11) is 0. The van der Waals surface area contributed by atoms with Crippen LogP contribution in [0.25, 0.3) is 0 Å². The van der Waals surface area contributed by atoms with E-state index in [1.807, 2.05) is 9.80 Å². The monoisotopic (exact) mass is 394 g/mol. The molecule has 2 aliphatic rings. The van der Waals surface area contributed by atoms with Gasteiger partial charge in [-0.3, -0.25) is 14.4 Å². The molecule has 0 aromatic carbocycles. The van der Waals surface area contributed by atoms with Gasteiger partial charge < -0.3 is 20.4 Å². The van der Waals surface area contributed by atoms with E-state index in [0.29, 0.717) is 63.9 Å². The van der Waals surface area contributed by atoms with E-state index in [4.69, 9.17) is 0 Å². The third kappa shape index (κ3) is 8.17. The molecule has 0 radical (unpaired) electrons. The predicted molar refractivity (Wildman–Crippen MR) is 110 cm³/mol. The van der Waals surface area contributed by atoms with Crippen LogP contribution >= 0.6 is 0 Å². The number of hydrogen-bond acceptors (Lipinski definition) is 4. The van der Waals surface area contributed by atoms with Crippen molar-refractivity contribution in [1.29, 1.82) is 0 Å². The van der Waals surface area contributed by atoms with Gasteiger partial charge in [-0.25, -0.2) is 0 Å². The van der Waals surface area contributed by atoms with Crippen LogP contribution in [-0.4, -0.2) is 72.8 Å². The highest BCUT2D eigenvalue weighted by Crippen LogP contribution is 2.11. The molecule has 1 atom stereocenters. The number of carbonyl (C=O) groups excluding carboxylic acids is 3. The van der Waals surface area contributed by atoms with Gasteiger partial charge in [0.05, 0.1) is 0 Å². The highest BCUT2D eigenvalue weighted by molar-refractivity contribution is 5.78. The van der Waals surface area contributed by atoms with Gasteiger partial charge in [0.2, 0.25) is 17.7 Å². The van der Waals surface area contributed by atoms with Crippen molar-refractivity contribution in [2.24, 2.45) is 5.92 Å². The van der Waals surface area contributed by atoms with E-state index in [-0.39, 0.29) is 17.7 Å². The second-order valence-electron chi connectivity index (χ2n) is 8.52. The Morgan fingerprint density at radius 2 is 1.68 bits per heavy atom. The summed E-state index contributed by atoms with van der Waals surface area (Å²) in [6.07, 6.45) is 6.68. The number of nitrogens with one attached hydrogen (secondary N) is 2. The van der Waals surface area contributed by atoms with E-state index in [0.717, 1.165) is 38.6 Å².